The topological polar surface area (TPSA) is 108 Å². The summed E-state index contributed by atoms with van der Waals surface area (Å²) in [5, 5.41) is 8.67. The van der Waals surface area contributed by atoms with Crippen LogP contribution in [-0.2, 0) is 6.54 Å². The highest BCUT2D eigenvalue weighted by molar-refractivity contribution is 5.92. The molecule has 0 saturated heterocycles. The minimum absolute atomic E-state index is 0.433. The molecule has 0 unspecified atom stereocenters. The third-order valence-electron chi connectivity index (χ3n) is 5.43. The lowest BCUT2D eigenvalue weighted by Crippen LogP contribution is -2.25. The van der Waals surface area contributed by atoms with Crippen molar-refractivity contribution < 1.29 is 0 Å². The van der Waals surface area contributed by atoms with Crippen LogP contribution in [0.2, 0.25) is 0 Å². The summed E-state index contributed by atoms with van der Waals surface area (Å²) < 4.78 is 0. The van der Waals surface area contributed by atoms with Gasteiger partial charge >= 0.3 is 0 Å². The molecule has 0 aliphatic heterocycles. The number of para-hydroxylation sites is 2. The predicted octanol–water partition coefficient (Wildman–Crippen LogP) is 4.50. The van der Waals surface area contributed by atoms with Crippen LogP contribution in [0.15, 0.2) is 60.8 Å². The fourth-order valence-electron chi connectivity index (χ4n) is 3.72. The van der Waals surface area contributed by atoms with Gasteiger partial charge < -0.3 is 20.5 Å². The van der Waals surface area contributed by atoms with Crippen LogP contribution in [0.5, 0.6) is 0 Å². The van der Waals surface area contributed by atoms with Crippen LogP contribution < -0.4 is 15.5 Å². The summed E-state index contributed by atoms with van der Waals surface area (Å²) in [5.41, 5.74) is 1.93. The van der Waals surface area contributed by atoms with Crippen molar-refractivity contribution in [2.24, 2.45) is 0 Å². The van der Waals surface area contributed by atoms with Gasteiger partial charge in [0.2, 0.25) is 17.8 Å². The van der Waals surface area contributed by atoms with Crippen LogP contribution in [0.4, 0.5) is 23.7 Å². The van der Waals surface area contributed by atoms with E-state index in [1.807, 2.05) is 48.5 Å². The number of aromatic amines is 1. The summed E-state index contributed by atoms with van der Waals surface area (Å²) in [6, 6.07) is 18.0. The van der Waals surface area contributed by atoms with Crippen LogP contribution in [0.1, 0.15) is 19.7 Å². The molecule has 0 bridgehead atoms. The Morgan fingerprint density at radius 1 is 0.848 bits per heavy atom. The second-order valence-electron chi connectivity index (χ2n) is 7.51. The van der Waals surface area contributed by atoms with Crippen molar-refractivity contribution in [3.63, 3.8) is 0 Å². The molecule has 0 amide bonds. The number of hydrogen-bond acceptors (Lipinski definition) is 8. The van der Waals surface area contributed by atoms with E-state index in [0.29, 0.717) is 30.2 Å². The third kappa shape index (κ3) is 4.38. The maximum Gasteiger partial charge on any atom is 0.235 e. The number of anilines is 4. The lowest BCUT2D eigenvalue weighted by atomic mass is 10.1. The van der Waals surface area contributed by atoms with Crippen LogP contribution >= 0.6 is 0 Å². The summed E-state index contributed by atoms with van der Waals surface area (Å²) in [6.45, 7) is 6.19. The molecule has 33 heavy (non-hydrogen) atoms. The van der Waals surface area contributed by atoms with Crippen molar-refractivity contribution >= 4 is 45.5 Å². The first-order valence-corrected chi connectivity index (χ1v) is 11.0. The number of imidazole rings is 1. The number of nitrogens with one attached hydrogen (secondary N) is 3. The Hall–Kier alpha value is -4.27. The summed E-state index contributed by atoms with van der Waals surface area (Å²) in [4.78, 5) is 28.4. The van der Waals surface area contributed by atoms with Crippen molar-refractivity contribution in [3.8, 4) is 0 Å². The number of fused-ring (bicyclic) bond motifs is 2. The van der Waals surface area contributed by atoms with E-state index < -0.39 is 0 Å². The second-order valence-corrected chi connectivity index (χ2v) is 7.51. The Morgan fingerprint density at radius 2 is 1.64 bits per heavy atom. The molecule has 9 heteroatoms. The molecule has 3 aromatic heterocycles. The fraction of sp³-hybridized carbons (Fsp3) is 0.208. The number of H-pyrrole nitrogens is 1. The first-order chi connectivity index (χ1) is 16.2. The lowest BCUT2D eigenvalue weighted by molar-refractivity contribution is 0.812. The zero-order valence-corrected chi connectivity index (χ0v) is 18.6. The Balaban J connectivity index is 1.45. The Labute approximate surface area is 191 Å². The average Bonchev–Trinajstić information content (AvgIpc) is 3.27. The largest absolute Gasteiger partial charge is 0.347 e. The standard InChI is InChI=1S/C24H25N9/c1-3-33(4-2)24-31-22(26-15-20-27-18-11-7-8-12-19(18)28-20)30-23(32-24)29-21-17-10-6-5-9-16(17)13-14-25-21/h5-14H,3-4,15H2,1-2H3,(H,27,28)(H2,25,26,29,30,31,32). The first-order valence-electron chi connectivity index (χ1n) is 11.0. The van der Waals surface area contributed by atoms with Gasteiger partial charge in [0.1, 0.15) is 11.6 Å². The average molecular weight is 440 g/mol. The molecule has 0 aliphatic carbocycles. The maximum atomic E-state index is 4.66. The molecule has 9 nitrogen and oxygen atoms in total. The Morgan fingerprint density at radius 3 is 2.48 bits per heavy atom. The SMILES string of the molecule is CCN(CC)c1nc(NCc2nc3ccccc3[nH]2)nc(Nc2nccc3ccccc23)n1. The lowest BCUT2D eigenvalue weighted by Gasteiger charge is -2.20. The highest BCUT2D eigenvalue weighted by atomic mass is 15.3. The molecule has 5 rings (SSSR count). The molecule has 0 fully saturated rings. The smallest absolute Gasteiger partial charge is 0.235 e. The van der Waals surface area contributed by atoms with E-state index >= 15 is 0 Å². The quantitative estimate of drug-likeness (QED) is 0.324. The molecule has 166 valence electrons. The van der Waals surface area contributed by atoms with E-state index in [1.165, 1.54) is 0 Å². The normalized spacial score (nSPS) is 11.1. The van der Waals surface area contributed by atoms with Gasteiger partial charge in [-0.15, -0.1) is 0 Å². The van der Waals surface area contributed by atoms with Crippen LogP contribution in [0.3, 0.4) is 0 Å². The number of hydrogen-bond donors (Lipinski definition) is 3. The van der Waals surface area contributed by atoms with E-state index in [0.717, 1.165) is 40.7 Å². The van der Waals surface area contributed by atoms with E-state index in [9.17, 15) is 0 Å². The minimum atomic E-state index is 0.433. The van der Waals surface area contributed by atoms with Crippen molar-refractivity contribution in [3.05, 3.63) is 66.6 Å². The van der Waals surface area contributed by atoms with Gasteiger partial charge in [-0.25, -0.2) is 9.97 Å². The zero-order chi connectivity index (χ0) is 22.6. The molecule has 3 N–H and O–H groups in total. The molecule has 5 aromatic rings. The molecule has 3 heterocycles. The predicted molar refractivity (Wildman–Crippen MR) is 132 cm³/mol. The van der Waals surface area contributed by atoms with Crippen LogP contribution in [0, 0.1) is 0 Å². The van der Waals surface area contributed by atoms with Gasteiger partial charge in [0.15, 0.2) is 0 Å². The highest BCUT2D eigenvalue weighted by Gasteiger charge is 2.13. The number of pyridine rings is 1. The third-order valence-corrected chi connectivity index (χ3v) is 5.43. The van der Waals surface area contributed by atoms with Crippen molar-refractivity contribution in [1.29, 1.82) is 0 Å². The van der Waals surface area contributed by atoms with Gasteiger partial charge in [0.25, 0.3) is 0 Å². The Bertz CT molecular complexity index is 1350. The van der Waals surface area contributed by atoms with Gasteiger partial charge in [0, 0.05) is 24.7 Å². The monoisotopic (exact) mass is 439 g/mol. The number of benzene rings is 2. The second kappa shape index (κ2) is 9.07. The maximum absolute atomic E-state index is 4.66. The molecule has 2 aromatic carbocycles. The van der Waals surface area contributed by atoms with Crippen molar-refractivity contribution in [1.82, 2.24) is 29.9 Å². The summed E-state index contributed by atoms with van der Waals surface area (Å²) >= 11 is 0. The highest BCUT2D eigenvalue weighted by Crippen LogP contribution is 2.24. The van der Waals surface area contributed by atoms with Gasteiger partial charge in [-0.05, 0) is 37.4 Å². The molecule has 0 radical (unpaired) electrons. The molecule has 0 spiro atoms. The van der Waals surface area contributed by atoms with Gasteiger partial charge in [0.05, 0.1) is 17.6 Å². The van der Waals surface area contributed by atoms with E-state index in [1.54, 1.807) is 6.20 Å². The van der Waals surface area contributed by atoms with Gasteiger partial charge in [-0.1, -0.05) is 36.4 Å². The van der Waals surface area contributed by atoms with Crippen LogP contribution in [-0.4, -0.2) is 43.0 Å². The number of nitrogens with zero attached hydrogens (tertiary/aromatic N) is 6. The molecule has 0 atom stereocenters. The van der Waals surface area contributed by atoms with E-state index in [4.69, 9.17) is 0 Å². The van der Waals surface area contributed by atoms with Crippen LogP contribution in [0.25, 0.3) is 21.8 Å². The number of aromatic nitrogens is 6. The van der Waals surface area contributed by atoms with Crippen molar-refractivity contribution in [2.75, 3.05) is 28.6 Å². The Kier molecular flexibility index (Phi) is 5.67. The summed E-state index contributed by atoms with van der Waals surface area (Å²) in [7, 11) is 0. The molecule has 0 aliphatic rings. The zero-order valence-electron chi connectivity index (χ0n) is 18.6. The molecular weight excluding hydrogens is 414 g/mol. The minimum Gasteiger partial charge on any atom is -0.347 e. The van der Waals surface area contributed by atoms with E-state index in [-0.39, 0.29) is 0 Å². The van der Waals surface area contributed by atoms with Gasteiger partial charge in [-0.2, -0.15) is 15.0 Å². The fourth-order valence-corrected chi connectivity index (χ4v) is 3.72. The summed E-state index contributed by atoms with van der Waals surface area (Å²) in [6.07, 6.45) is 1.78. The number of rotatable bonds is 8. The summed E-state index contributed by atoms with van der Waals surface area (Å²) in [5.74, 6) is 3.02. The molecule has 0 saturated carbocycles. The van der Waals surface area contributed by atoms with Gasteiger partial charge in [-0.3, -0.25) is 0 Å². The molecular formula is C24H25N9. The first kappa shape index (κ1) is 20.6. The van der Waals surface area contributed by atoms with E-state index in [2.05, 4.69) is 65.4 Å². The van der Waals surface area contributed by atoms with Crippen molar-refractivity contribution in [2.45, 2.75) is 20.4 Å².